The van der Waals surface area contributed by atoms with Gasteiger partial charge in [0.15, 0.2) is 0 Å². The maximum atomic E-state index is 12.8. The topological polar surface area (TPSA) is 95.6 Å². The Hall–Kier alpha value is -2.71. The molecule has 2 rings (SSSR count). The normalized spacial score (nSPS) is 12.5. The number of benzene rings is 2. The summed E-state index contributed by atoms with van der Waals surface area (Å²) >= 11 is 0. The maximum absolute atomic E-state index is 12.8. The Balaban J connectivity index is 2.25. The van der Waals surface area contributed by atoms with Crippen molar-refractivity contribution in [1.29, 1.82) is 0 Å². The van der Waals surface area contributed by atoms with Crippen LogP contribution in [0.3, 0.4) is 0 Å². The molecule has 2 aromatic carbocycles. The first-order valence-corrected chi connectivity index (χ1v) is 9.70. The van der Waals surface area contributed by atoms with E-state index < -0.39 is 22.0 Å². The zero-order valence-electron chi connectivity index (χ0n) is 14.8. The summed E-state index contributed by atoms with van der Waals surface area (Å²) in [6, 6.07) is 14.2. The summed E-state index contributed by atoms with van der Waals surface area (Å²) in [5.74, 6) is -0.669. The largest absolute Gasteiger partial charge is 0.326 e. The van der Waals surface area contributed by atoms with Gasteiger partial charge >= 0.3 is 0 Å². The highest BCUT2D eigenvalue weighted by atomic mass is 32.2. The lowest BCUT2D eigenvalue weighted by Gasteiger charge is -2.25. The van der Waals surface area contributed by atoms with Gasteiger partial charge in [-0.2, -0.15) is 4.31 Å². The molecule has 0 aromatic heterocycles. The Morgan fingerprint density at radius 2 is 1.42 bits per heavy atom. The van der Waals surface area contributed by atoms with Crippen molar-refractivity contribution in [2.45, 2.75) is 13.0 Å². The predicted octanol–water partition coefficient (Wildman–Crippen LogP) is 2.22. The quantitative estimate of drug-likeness (QED) is 0.809. The first kappa shape index (κ1) is 19.6. The Bertz CT molecular complexity index is 880. The standard InChI is InChI=1S/C18H21N3O4S/c1-13(22)19-15-9-11-16(12-10-15)20-18(23)17(21(2)26(3,24)25)14-7-5-4-6-8-14/h4-12,17H,1-3H3,(H,19,22)(H,20,23)/t17-/m1/s1. The summed E-state index contributed by atoms with van der Waals surface area (Å²) in [6.45, 7) is 1.40. The van der Waals surface area contributed by atoms with Gasteiger partial charge in [-0.3, -0.25) is 9.59 Å². The molecule has 0 fully saturated rings. The van der Waals surface area contributed by atoms with Gasteiger partial charge in [-0.25, -0.2) is 8.42 Å². The number of hydrogen-bond donors (Lipinski definition) is 2. The Morgan fingerprint density at radius 3 is 1.88 bits per heavy atom. The third-order valence-corrected chi connectivity index (χ3v) is 4.98. The molecule has 0 bridgehead atoms. The molecule has 1 atom stereocenters. The number of amides is 2. The van der Waals surface area contributed by atoms with Gasteiger partial charge in [-0.05, 0) is 29.8 Å². The molecule has 0 spiro atoms. The van der Waals surface area contributed by atoms with Gasteiger partial charge in [-0.1, -0.05) is 30.3 Å². The van der Waals surface area contributed by atoms with Crippen LogP contribution >= 0.6 is 0 Å². The van der Waals surface area contributed by atoms with Crippen molar-refractivity contribution in [2.75, 3.05) is 23.9 Å². The monoisotopic (exact) mass is 375 g/mol. The van der Waals surface area contributed by atoms with E-state index in [4.69, 9.17) is 0 Å². The molecule has 2 amide bonds. The first-order chi connectivity index (χ1) is 12.2. The van der Waals surface area contributed by atoms with E-state index in [1.807, 2.05) is 0 Å². The molecule has 0 radical (unpaired) electrons. The lowest BCUT2D eigenvalue weighted by atomic mass is 10.1. The number of rotatable bonds is 6. The number of anilines is 2. The third kappa shape index (κ3) is 5.14. The molecule has 8 heteroatoms. The average Bonchev–Trinajstić information content (AvgIpc) is 2.56. The first-order valence-electron chi connectivity index (χ1n) is 7.85. The average molecular weight is 375 g/mol. The molecule has 138 valence electrons. The van der Waals surface area contributed by atoms with E-state index in [9.17, 15) is 18.0 Å². The molecule has 0 unspecified atom stereocenters. The van der Waals surface area contributed by atoms with Crippen molar-refractivity contribution in [3.05, 3.63) is 60.2 Å². The van der Waals surface area contributed by atoms with Gasteiger partial charge in [0, 0.05) is 25.3 Å². The van der Waals surface area contributed by atoms with Gasteiger partial charge in [0.1, 0.15) is 6.04 Å². The molecule has 2 aromatic rings. The molecule has 0 heterocycles. The molecule has 0 aliphatic carbocycles. The van der Waals surface area contributed by atoms with Crippen LogP contribution in [-0.4, -0.2) is 37.8 Å². The predicted molar refractivity (Wildman–Crippen MR) is 101 cm³/mol. The highest BCUT2D eigenvalue weighted by Gasteiger charge is 2.30. The van der Waals surface area contributed by atoms with E-state index >= 15 is 0 Å². The molecule has 0 saturated carbocycles. The molecule has 0 saturated heterocycles. The second-order valence-electron chi connectivity index (χ2n) is 5.84. The number of likely N-dealkylation sites (N-methyl/N-ethyl adjacent to an activating group) is 1. The van der Waals surface area contributed by atoms with E-state index in [2.05, 4.69) is 10.6 Å². The minimum Gasteiger partial charge on any atom is -0.326 e. The van der Waals surface area contributed by atoms with Crippen LogP contribution in [0.25, 0.3) is 0 Å². The van der Waals surface area contributed by atoms with E-state index in [0.717, 1.165) is 10.6 Å². The van der Waals surface area contributed by atoms with Crippen molar-refractivity contribution in [2.24, 2.45) is 0 Å². The zero-order valence-corrected chi connectivity index (χ0v) is 15.6. The minimum atomic E-state index is -3.58. The molecular formula is C18H21N3O4S. The Morgan fingerprint density at radius 1 is 0.923 bits per heavy atom. The van der Waals surface area contributed by atoms with Crippen molar-refractivity contribution in [1.82, 2.24) is 4.31 Å². The van der Waals surface area contributed by atoms with Gasteiger partial charge in [0.2, 0.25) is 21.8 Å². The van der Waals surface area contributed by atoms with Crippen LogP contribution in [0.2, 0.25) is 0 Å². The van der Waals surface area contributed by atoms with E-state index in [-0.39, 0.29) is 5.91 Å². The van der Waals surface area contributed by atoms with Crippen molar-refractivity contribution in [3.63, 3.8) is 0 Å². The number of sulfonamides is 1. The van der Waals surface area contributed by atoms with Crippen LogP contribution in [0.4, 0.5) is 11.4 Å². The van der Waals surface area contributed by atoms with E-state index in [1.165, 1.54) is 14.0 Å². The molecule has 26 heavy (non-hydrogen) atoms. The van der Waals surface area contributed by atoms with Crippen molar-refractivity contribution < 1.29 is 18.0 Å². The lowest BCUT2D eigenvalue weighted by Crippen LogP contribution is -2.38. The summed E-state index contributed by atoms with van der Waals surface area (Å²) in [6.07, 6.45) is 1.05. The number of carbonyl (C=O) groups excluding carboxylic acids is 2. The molecule has 7 nitrogen and oxygen atoms in total. The summed E-state index contributed by atoms with van der Waals surface area (Å²) in [5.41, 5.74) is 1.66. The lowest BCUT2D eigenvalue weighted by molar-refractivity contribution is -0.119. The number of carbonyl (C=O) groups is 2. The van der Waals surface area contributed by atoms with E-state index in [0.29, 0.717) is 16.9 Å². The van der Waals surface area contributed by atoms with Crippen LogP contribution in [0, 0.1) is 0 Å². The molecule has 2 N–H and O–H groups in total. The molecule has 0 aliphatic heterocycles. The summed E-state index contributed by atoms with van der Waals surface area (Å²) in [4.78, 5) is 23.8. The second kappa shape index (κ2) is 8.11. The van der Waals surface area contributed by atoms with Gasteiger partial charge < -0.3 is 10.6 Å². The Labute approximate surface area is 153 Å². The van der Waals surface area contributed by atoms with Crippen LogP contribution in [0.1, 0.15) is 18.5 Å². The summed E-state index contributed by atoms with van der Waals surface area (Å²) < 4.78 is 24.9. The van der Waals surface area contributed by atoms with Crippen LogP contribution in [0.5, 0.6) is 0 Å². The van der Waals surface area contributed by atoms with E-state index in [1.54, 1.807) is 54.6 Å². The van der Waals surface area contributed by atoms with Gasteiger partial charge in [0.05, 0.1) is 6.26 Å². The molecular weight excluding hydrogens is 354 g/mol. The smallest absolute Gasteiger partial charge is 0.247 e. The number of nitrogens with one attached hydrogen (secondary N) is 2. The van der Waals surface area contributed by atoms with Gasteiger partial charge in [0.25, 0.3) is 0 Å². The second-order valence-corrected chi connectivity index (χ2v) is 7.88. The fourth-order valence-corrected chi connectivity index (χ4v) is 3.00. The van der Waals surface area contributed by atoms with Crippen molar-refractivity contribution in [3.8, 4) is 0 Å². The third-order valence-electron chi connectivity index (χ3n) is 3.72. The SMILES string of the molecule is CC(=O)Nc1ccc(NC(=O)[C@@H](c2ccccc2)N(C)S(C)(=O)=O)cc1. The Kier molecular flexibility index (Phi) is 6.12. The summed E-state index contributed by atoms with van der Waals surface area (Å²) in [5, 5.41) is 5.35. The molecule has 0 aliphatic rings. The zero-order chi connectivity index (χ0) is 19.3. The minimum absolute atomic E-state index is 0.194. The number of hydrogen-bond acceptors (Lipinski definition) is 4. The summed E-state index contributed by atoms with van der Waals surface area (Å²) in [7, 11) is -2.22. The fourth-order valence-electron chi connectivity index (χ4n) is 2.40. The maximum Gasteiger partial charge on any atom is 0.247 e. The van der Waals surface area contributed by atoms with Crippen LogP contribution < -0.4 is 10.6 Å². The fraction of sp³-hybridized carbons (Fsp3) is 0.222. The van der Waals surface area contributed by atoms with Crippen LogP contribution in [0.15, 0.2) is 54.6 Å². The van der Waals surface area contributed by atoms with Crippen molar-refractivity contribution >= 4 is 33.2 Å². The van der Waals surface area contributed by atoms with Gasteiger partial charge in [-0.15, -0.1) is 0 Å². The van der Waals surface area contributed by atoms with Crippen LogP contribution in [-0.2, 0) is 19.6 Å². The highest BCUT2D eigenvalue weighted by molar-refractivity contribution is 7.88. The number of nitrogens with zero attached hydrogens (tertiary/aromatic N) is 1. The highest BCUT2D eigenvalue weighted by Crippen LogP contribution is 2.24.